The number of benzene rings is 2. The van der Waals surface area contributed by atoms with Crippen molar-refractivity contribution in [2.45, 2.75) is 6.92 Å². The number of carbonyl (C=O) groups is 1. The molecule has 0 heterocycles. The number of rotatable bonds is 8. The fourth-order valence-corrected chi connectivity index (χ4v) is 6.32. The Bertz CT molecular complexity index is 649. The molecule has 0 saturated carbocycles. The van der Waals surface area contributed by atoms with Crippen molar-refractivity contribution in [1.29, 1.82) is 0 Å². The first kappa shape index (κ1) is 18.8. The van der Waals surface area contributed by atoms with Gasteiger partial charge in [-0.3, -0.25) is 4.79 Å². The Balaban J connectivity index is 2.14. The van der Waals surface area contributed by atoms with Crippen LogP contribution in [0.1, 0.15) is 6.92 Å². The van der Waals surface area contributed by atoms with Crippen molar-refractivity contribution < 1.29 is 18.6 Å². The van der Waals surface area contributed by atoms with E-state index >= 15 is 0 Å². The Morgan fingerprint density at radius 2 is 1.50 bits per heavy atom. The van der Waals surface area contributed by atoms with Crippen molar-refractivity contribution in [3.05, 3.63) is 60.7 Å². The third-order valence-electron chi connectivity index (χ3n) is 3.01. The highest BCUT2D eigenvalue weighted by atomic mass is 32.9. The molecule has 0 amide bonds. The highest BCUT2D eigenvalue weighted by Crippen LogP contribution is 2.60. The average Bonchev–Trinajstić information content (AvgIpc) is 2.60. The normalized spacial score (nSPS) is 12.2. The molecule has 0 aliphatic heterocycles. The van der Waals surface area contributed by atoms with E-state index in [4.69, 9.17) is 25.6 Å². The molecule has 0 saturated heterocycles. The molecule has 24 heavy (non-hydrogen) atoms. The molecule has 0 aliphatic carbocycles. The lowest BCUT2D eigenvalue weighted by atomic mass is 10.2. The summed E-state index contributed by atoms with van der Waals surface area (Å²) in [7, 11) is 1.38. The van der Waals surface area contributed by atoms with E-state index in [1.807, 2.05) is 60.7 Å². The van der Waals surface area contributed by atoms with Gasteiger partial charge in [0.1, 0.15) is 11.5 Å². The van der Waals surface area contributed by atoms with E-state index in [0.29, 0.717) is 17.3 Å². The van der Waals surface area contributed by atoms with E-state index in [-0.39, 0.29) is 11.9 Å². The molecule has 4 nitrogen and oxygen atoms in total. The summed E-state index contributed by atoms with van der Waals surface area (Å²) in [5.74, 6) is 1.19. The maximum absolute atomic E-state index is 11.6. The lowest BCUT2D eigenvalue weighted by molar-refractivity contribution is -0.143. The van der Waals surface area contributed by atoms with Crippen molar-refractivity contribution in [2.24, 2.45) is 5.92 Å². The van der Waals surface area contributed by atoms with E-state index in [0.717, 1.165) is 0 Å². The molecule has 0 radical (unpaired) electrons. The first-order valence-electron chi connectivity index (χ1n) is 7.34. The van der Waals surface area contributed by atoms with E-state index in [9.17, 15) is 4.79 Å². The largest absolute Gasteiger partial charge is 0.469 e. The standard InChI is InChI=1S/C17H19O4PS2/c1-14(17(18)19-2)13-24-22(23,20-15-9-5-3-6-10-15)21-16-11-7-4-8-12-16/h3-12,14H,13H2,1-2H3. The number of hydrogen-bond donors (Lipinski definition) is 0. The second-order valence-electron chi connectivity index (χ2n) is 4.98. The maximum Gasteiger partial charge on any atom is 0.348 e. The van der Waals surface area contributed by atoms with Crippen LogP contribution < -0.4 is 9.05 Å². The van der Waals surface area contributed by atoms with Crippen molar-refractivity contribution in [3.8, 4) is 11.5 Å². The third kappa shape index (κ3) is 5.86. The highest BCUT2D eigenvalue weighted by Gasteiger charge is 2.27. The molecule has 128 valence electrons. The van der Waals surface area contributed by atoms with Crippen LogP contribution in [0.2, 0.25) is 0 Å². The number of esters is 1. The van der Waals surface area contributed by atoms with Gasteiger partial charge in [-0.05, 0) is 47.5 Å². The number of carbonyl (C=O) groups excluding carboxylic acids is 1. The van der Waals surface area contributed by atoms with Crippen LogP contribution in [0.4, 0.5) is 0 Å². The van der Waals surface area contributed by atoms with Crippen molar-refractivity contribution in [1.82, 2.24) is 0 Å². The van der Waals surface area contributed by atoms with Crippen LogP contribution in [0.5, 0.6) is 11.5 Å². The second kappa shape index (κ2) is 9.11. The van der Waals surface area contributed by atoms with Gasteiger partial charge < -0.3 is 13.8 Å². The minimum Gasteiger partial charge on any atom is -0.469 e. The Labute approximate surface area is 151 Å². The van der Waals surface area contributed by atoms with E-state index < -0.39 is 5.69 Å². The smallest absolute Gasteiger partial charge is 0.348 e. The van der Waals surface area contributed by atoms with Crippen molar-refractivity contribution in [2.75, 3.05) is 12.9 Å². The molecule has 0 aliphatic rings. The summed E-state index contributed by atoms with van der Waals surface area (Å²) in [5.41, 5.74) is -2.72. The summed E-state index contributed by atoms with van der Waals surface area (Å²) >= 11 is 7.03. The first-order chi connectivity index (χ1) is 11.5. The summed E-state index contributed by atoms with van der Waals surface area (Å²) < 4.78 is 16.7. The van der Waals surface area contributed by atoms with Crippen molar-refractivity contribution in [3.63, 3.8) is 0 Å². The van der Waals surface area contributed by atoms with Crippen LogP contribution in [-0.2, 0) is 21.3 Å². The molecule has 0 fully saturated rings. The Morgan fingerprint density at radius 3 is 1.92 bits per heavy atom. The molecule has 2 aromatic rings. The lowest BCUT2D eigenvalue weighted by Gasteiger charge is -2.23. The third-order valence-corrected chi connectivity index (χ3v) is 8.08. The molecule has 7 heteroatoms. The van der Waals surface area contributed by atoms with Crippen LogP contribution in [0, 0.1) is 5.92 Å². The van der Waals surface area contributed by atoms with Gasteiger partial charge in [-0.15, -0.1) is 0 Å². The summed E-state index contributed by atoms with van der Waals surface area (Å²) in [5, 5.41) is 0. The molecular weight excluding hydrogens is 363 g/mol. The molecular formula is C17H19O4PS2. The Kier molecular flexibility index (Phi) is 7.16. The molecule has 2 aromatic carbocycles. The molecule has 1 unspecified atom stereocenters. The fourth-order valence-electron chi connectivity index (χ4n) is 1.76. The summed E-state index contributed by atoms with van der Waals surface area (Å²) in [4.78, 5) is 11.6. The minimum absolute atomic E-state index is 0.275. The summed E-state index contributed by atoms with van der Waals surface area (Å²) in [6.07, 6.45) is 0. The summed E-state index contributed by atoms with van der Waals surface area (Å²) in [6, 6.07) is 18.6. The van der Waals surface area contributed by atoms with E-state index in [1.54, 1.807) is 6.92 Å². The second-order valence-corrected chi connectivity index (χ2v) is 11.2. The van der Waals surface area contributed by atoms with Gasteiger partial charge in [0.25, 0.3) is 0 Å². The number of para-hydroxylation sites is 2. The van der Waals surface area contributed by atoms with Gasteiger partial charge in [-0.25, -0.2) is 0 Å². The maximum atomic E-state index is 11.6. The lowest BCUT2D eigenvalue weighted by Crippen LogP contribution is -2.15. The monoisotopic (exact) mass is 382 g/mol. The minimum atomic E-state index is -2.72. The summed E-state index contributed by atoms with van der Waals surface area (Å²) in [6.45, 7) is 1.80. The molecule has 0 spiro atoms. The average molecular weight is 382 g/mol. The van der Waals surface area contributed by atoms with E-state index in [2.05, 4.69) is 0 Å². The zero-order valence-corrected chi connectivity index (χ0v) is 16.0. The van der Waals surface area contributed by atoms with Crippen LogP contribution in [0.25, 0.3) is 0 Å². The quantitative estimate of drug-likeness (QED) is 0.477. The van der Waals surface area contributed by atoms with E-state index in [1.165, 1.54) is 18.5 Å². The van der Waals surface area contributed by atoms with Gasteiger partial charge in [-0.2, -0.15) is 0 Å². The topological polar surface area (TPSA) is 44.8 Å². The molecule has 0 bridgehead atoms. The molecule has 1 atom stereocenters. The van der Waals surface area contributed by atoms with Crippen LogP contribution >= 0.6 is 17.1 Å². The molecule has 0 N–H and O–H groups in total. The zero-order chi connectivity index (χ0) is 17.4. The van der Waals surface area contributed by atoms with Gasteiger partial charge in [-0.1, -0.05) is 43.3 Å². The highest BCUT2D eigenvalue weighted by molar-refractivity contribution is 8.68. The van der Waals surface area contributed by atoms with Gasteiger partial charge in [0.15, 0.2) is 0 Å². The predicted octanol–water partition coefficient (Wildman–Crippen LogP) is 4.91. The van der Waals surface area contributed by atoms with Crippen LogP contribution in [-0.4, -0.2) is 18.8 Å². The number of methoxy groups -OCH3 is 1. The Hall–Kier alpha value is -1.49. The number of hydrogen-bond acceptors (Lipinski definition) is 6. The SMILES string of the molecule is COC(=O)C(C)CSP(=S)(Oc1ccccc1)Oc1ccccc1. The van der Waals surface area contributed by atoms with Gasteiger partial charge in [0.05, 0.1) is 13.0 Å². The fraction of sp³-hybridized carbons (Fsp3) is 0.235. The molecule has 2 rings (SSSR count). The number of ether oxygens (including phenoxy) is 1. The van der Waals surface area contributed by atoms with Crippen LogP contribution in [0.3, 0.4) is 0 Å². The molecule has 0 aromatic heterocycles. The zero-order valence-electron chi connectivity index (χ0n) is 13.5. The van der Waals surface area contributed by atoms with Crippen LogP contribution in [0.15, 0.2) is 60.7 Å². The van der Waals surface area contributed by atoms with Crippen molar-refractivity contribution >= 4 is 34.9 Å². The van der Waals surface area contributed by atoms with Gasteiger partial charge >= 0.3 is 11.7 Å². The predicted molar refractivity (Wildman–Crippen MR) is 102 cm³/mol. The Morgan fingerprint density at radius 1 is 1.04 bits per heavy atom. The van der Waals surface area contributed by atoms with Gasteiger partial charge in [0.2, 0.25) is 0 Å². The first-order valence-corrected chi connectivity index (χ1v) is 11.6. The van der Waals surface area contributed by atoms with Gasteiger partial charge in [0, 0.05) is 5.75 Å².